The van der Waals surface area contributed by atoms with E-state index in [1.165, 1.54) is 0 Å². The van der Waals surface area contributed by atoms with Gasteiger partial charge in [-0.3, -0.25) is 10.1 Å². The molecule has 2 aromatic carbocycles. The van der Waals surface area contributed by atoms with Gasteiger partial charge in [-0.25, -0.2) is 0 Å². The minimum absolute atomic E-state index is 0.0431. The lowest BCUT2D eigenvalue weighted by Gasteiger charge is -2.16. The summed E-state index contributed by atoms with van der Waals surface area (Å²) in [6, 6.07) is 13.0. The quantitative estimate of drug-likeness (QED) is 0.735. The molecule has 1 heterocycles. The first kappa shape index (κ1) is 18.1. The zero-order valence-electron chi connectivity index (χ0n) is 13.6. The lowest BCUT2D eigenvalue weighted by Crippen LogP contribution is -2.33. The Hall–Kier alpha value is -1.70. The van der Waals surface area contributed by atoms with Crippen LogP contribution in [0.15, 0.2) is 46.9 Å². The van der Waals surface area contributed by atoms with Crippen LogP contribution in [0.3, 0.4) is 0 Å². The summed E-state index contributed by atoms with van der Waals surface area (Å²) in [4.78, 5) is 11.1. The van der Waals surface area contributed by atoms with Gasteiger partial charge in [-0.2, -0.15) is 0 Å². The van der Waals surface area contributed by atoms with Crippen molar-refractivity contribution in [2.24, 2.45) is 0 Å². The van der Waals surface area contributed by atoms with Crippen LogP contribution in [0.5, 0.6) is 11.5 Å². The minimum atomic E-state index is -0.817. The van der Waals surface area contributed by atoms with Crippen molar-refractivity contribution >= 4 is 33.7 Å². The highest BCUT2D eigenvalue weighted by atomic mass is 79.9. The molecule has 1 aliphatic rings. The summed E-state index contributed by atoms with van der Waals surface area (Å²) >= 11 is 4.99. The Labute approximate surface area is 158 Å². The van der Waals surface area contributed by atoms with Gasteiger partial charge in [-0.1, -0.05) is 22.0 Å². The molecule has 0 spiro atoms. The molecule has 132 valence electrons. The third-order valence-corrected chi connectivity index (χ3v) is 5.69. The molecule has 0 saturated carbocycles. The van der Waals surface area contributed by atoms with E-state index in [9.17, 15) is 4.79 Å². The predicted octanol–water partition coefficient (Wildman–Crippen LogP) is 3.82. The number of carboxylic acid groups (broad SMARTS) is 1. The van der Waals surface area contributed by atoms with E-state index in [0.29, 0.717) is 12.4 Å². The summed E-state index contributed by atoms with van der Waals surface area (Å²) in [7, 11) is 1.63. The van der Waals surface area contributed by atoms with Gasteiger partial charge in [-0.05, 0) is 42.0 Å². The highest BCUT2D eigenvalue weighted by molar-refractivity contribution is 9.10. The van der Waals surface area contributed by atoms with Crippen LogP contribution in [0.1, 0.15) is 16.5 Å². The second-order valence-electron chi connectivity index (χ2n) is 5.58. The summed E-state index contributed by atoms with van der Waals surface area (Å²) in [5.74, 6) is 1.26. The van der Waals surface area contributed by atoms with Gasteiger partial charge in [0.2, 0.25) is 0 Å². The molecule has 1 fully saturated rings. The van der Waals surface area contributed by atoms with Crippen LogP contribution in [0.25, 0.3) is 0 Å². The number of methoxy groups -OCH3 is 1. The van der Waals surface area contributed by atoms with Crippen LogP contribution in [0, 0.1) is 0 Å². The molecule has 0 aliphatic carbocycles. The average Bonchev–Trinajstić information content (AvgIpc) is 3.11. The van der Waals surface area contributed by atoms with E-state index in [2.05, 4.69) is 21.2 Å². The molecule has 1 aliphatic heterocycles. The number of nitrogens with one attached hydrogen (secondary N) is 1. The average molecular weight is 424 g/mol. The Morgan fingerprint density at radius 2 is 2.08 bits per heavy atom. The van der Waals surface area contributed by atoms with Crippen molar-refractivity contribution in [3.63, 3.8) is 0 Å². The largest absolute Gasteiger partial charge is 0.496 e. The van der Waals surface area contributed by atoms with Crippen molar-refractivity contribution in [1.29, 1.82) is 0 Å². The van der Waals surface area contributed by atoms with Gasteiger partial charge in [0.05, 0.1) is 12.5 Å². The molecule has 7 heteroatoms. The topological polar surface area (TPSA) is 67.8 Å². The molecule has 2 aromatic rings. The van der Waals surface area contributed by atoms with Crippen LogP contribution in [0.4, 0.5) is 0 Å². The Morgan fingerprint density at radius 1 is 1.32 bits per heavy atom. The van der Waals surface area contributed by atoms with E-state index < -0.39 is 12.0 Å². The predicted molar refractivity (Wildman–Crippen MR) is 101 cm³/mol. The monoisotopic (exact) mass is 423 g/mol. The van der Waals surface area contributed by atoms with Crippen LogP contribution < -0.4 is 14.8 Å². The second kappa shape index (κ2) is 8.12. The fraction of sp³-hybridized carbons (Fsp3) is 0.278. The van der Waals surface area contributed by atoms with E-state index in [4.69, 9.17) is 14.6 Å². The maximum absolute atomic E-state index is 11.1. The molecule has 0 unspecified atom stereocenters. The van der Waals surface area contributed by atoms with Crippen LogP contribution in [0.2, 0.25) is 0 Å². The Bertz CT molecular complexity index is 753. The van der Waals surface area contributed by atoms with E-state index in [1.54, 1.807) is 18.9 Å². The number of hydrogen-bond donors (Lipinski definition) is 2. The first-order valence-electron chi connectivity index (χ1n) is 7.72. The standard InChI is InChI=1S/C18H18BrNO4S/c1-23-16-7-2-11(17-20-15(10-25-17)18(21)22)8-12(16)9-24-14-5-3-13(19)4-6-14/h2-8,15,17,20H,9-10H2,1H3,(H,21,22)/t15-,17-/m1/s1. The Morgan fingerprint density at radius 3 is 2.72 bits per heavy atom. The lowest BCUT2D eigenvalue weighted by molar-refractivity contribution is -0.138. The lowest BCUT2D eigenvalue weighted by atomic mass is 10.1. The molecule has 25 heavy (non-hydrogen) atoms. The first-order chi connectivity index (χ1) is 12.1. The molecule has 0 radical (unpaired) electrons. The summed E-state index contributed by atoms with van der Waals surface area (Å²) < 4.78 is 12.3. The molecule has 0 bridgehead atoms. The number of benzene rings is 2. The van der Waals surface area contributed by atoms with Crippen LogP contribution >= 0.6 is 27.7 Å². The maximum Gasteiger partial charge on any atom is 0.321 e. The van der Waals surface area contributed by atoms with E-state index in [0.717, 1.165) is 27.1 Å². The smallest absolute Gasteiger partial charge is 0.321 e. The van der Waals surface area contributed by atoms with Gasteiger partial charge < -0.3 is 14.6 Å². The highest BCUT2D eigenvalue weighted by Gasteiger charge is 2.30. The highest BCUT2D eigenvalue weighted by Crippen LogP contribution is 2.35. The van der Waals surface area contributed by atoms with Crippen LogP contribution in [-0.2, 0) is 11.4 Å². The summed E-state index contributed by atoms with van der Waals surface area (Å²) in [6.45, 7) is 0.373. The summed E-state index contributed by atoms with van der Waals surface area (Å²) in [5.41, 5.74) is 1.94. The first-order valence-corrected chi connectivity index (χ1v) is 9.56. The Balaban J connectivity index is 1.74. The van der Waals surface area contributed by atoms with Crippen molar-refractivity contribution < 1.29 is 19.4 Å². The van der Waals surface area contributed by atoms with E-state index in [-0.39, 0.29) is 5.37 Å². The van der Waals surface area contributed by atoms with Gasteiger partial charge in [0, 0.05) is 15.8 Å². The van der Waals surface area contributed by atoms with Crippen molar-refractivity contribution in [3.05, 3.63) is 58.1 Å². The summed E-state index contributed by atoms with van der Waals surface area (Å²) in [5, 5.41) is 12.2. The molecule has 1 saturated heterocycles. The van der Waals surface area contributed by atoms with Crippen molar-refractivity contribution in [1.82, 2.24) is 5.32 Å². The zero-order chi connectivity index (χ0) is 17.8. The number of thioether (sulfide) groups is 1. The van der Waals surface area contributed by atoms with Gasteiger partial charge in [0.25, 0.3) is 0 Å². The third-order valence-electron chi connectivity index (χ3n) is 3.90. The minimum Gasteiger partial charge on any atom is -0.496 e. The molecule has 0 aromatic heterocycles. The van der Waals surface area contributed by atoms with Crippen molar-refractivity contribution in [2.45, 2.75) is 18.0 Å². The maximum atomic E-state index is 11.1. The van der Waals surface area contributed by atoms with Gasteiger partial charge >= 0.3 is 5.97 Å². The van der Waals surface area contributed by atoms with Gasteiger partial charge in [-0.15, -0.1) is 11.8 Å². The second-order valence-corrected chi connectivity index (χ2v) is 7.64. The zero-order valence-corrected chi connectivity index (χ0v) is 16.0. The Kier molecular flexibility index (Phi) is 5.88. The number of aliphatic carboxylic acids is 1. The number of carbonyl (C=O) groups is 1. The SMILES string of the molecule is COc1ccc([C@@H]2N[C@@H](C(=O)O)CS2)cc1COc1ccc(Br)cc1. The van der Waals surface area contributed by atoms with Crippen LogP contribution in [-0.4, -0.2) is 30.0 Å². The fourth-order valence-corrected chi connectivity index (χ4v) is 4.06. The van der Waals surface area contributed by atoms with E-state index >= 15 is 0 Å². The van der Waals surface area contributed by atoms with E-state index in [1.807, 2.05) is 42.5 Å². The summed E-state index contributed by atoms with van der Waals surface area (Å²) in [6.07, 6.45) is 0. The molecular weight excluding hydrogens is 406 g/mol. The number of carboxylic acids is 1. The molecule has 3 rings (SSSR count). The number of halogens is 1. The fourth-order valence-electron chi connectivity index (χ4n) is 2.57. The van der Waals surface area contributed by atoms with Gasteiger partial charge in [0.1, 0.15) is 24.1 Å². The third kappa shape index (κ3) is 4.48. The molecular formula is C18H18BrNO4S. The van der Waals surface area contributed by atoms with Gasteiger partial charge in [0.15, 0.2) is 0 Å². The number of rotatable bonds is 6. The van der Waals surface area contributed by atoms with Crippen molar-refractivity contribution in [3.8, 4) is 11.5 Å². The normalized spacial score (nSPS) is 19.6. The molecule has 2 N–H and O–H groups in total. The molecule has 0 amide bonds. The molecule has 5 nitrogen and oxygen atoms in total. The number of ether oxygens (including phenoxy) is 2. The van der Waals surface area contributed by atoms with Crippen molar-refractivity contribution in [2.75, 3.05) is 12.9 Å². The molecule has 2 atom stereocenters. The number of hydrogen-bond acceptors (Lipinski definition) is 5.